The summed E-state index contributed by atoms with van der Waals surface area (Å²) in [6.07, 6.45) is 2.60. The Labute approximate surface area is 148 Å². The SMILES string of the molecule is CCc1sc2ncnc(NCCOC)c2c1-c1ccc(Br)cc1. The van der Waals surface area contributed by atoms with Gasteiger partial charge in [0.1, 0.15) is 17.0 Å². The van der Waals surface area contributed by atoms with E-state index in [0.717, 1.165) is 33.5 Å². The normalized spacial score (nSPS) is 11.1. The highest BCUT2D eigenvalue weighted by atomic mass is 79.9. The van der Waals surface area contributed by atoms with Crippen molar-refractivity contribution in [1.82, 2.24) is 9.97 Å². The quantitative estimate of drug-likeness (QED) is 0.616. The van der Waals surface area contributed by atoms with Gasteiger partial charge < -0.3 is 10.1 Å². The lowest BCUT2D eigenvalue weighted by molar-refractivity contribution is 0.210. The number of aromatic nitrogens is 2. The molecule has 1 aromatic carbocycles. The van der Waals surface area contributed by atoms with Crippen LogP contribution < -0.4 is 5.32 Å². The van der Waals surface area contributed by atoms with Crippen LogP contribution in [0.2, 0.25) is 0 Å². The molecule has 0 bridgehead atoms. The van der Waals surface area contributed by atoms with Gasteiger partial charge in [0.15, 0.2) is 0 Å². The Morgan fingerprint density at radius 1 is 1.22 bits per heavy atom. The number of thiophene rings is 1. The molecule has 2 aromatic heterocycles. The van der Waals surface area contributed by atoms with Crippen molar-refractivity contribution in [2.24, 2.45) is 0 Å². The van der Waals surface area contributed by atoms with Gasteiger partial charge in [-0.15, -0.1) is 11.3 Å². The van der Waals surface area contributed by atoms with Crippen LogP contribution in [0.15, 0.2) is 35.1 Å². The molecule has 120 valence electrons. The number of halogens is 1. The van der Waals surface area contributed by atoms with Crippen LogP contribution in [-0.4, -0.2) is 30.2 Å². The Hall–Kier alpha value is -1.50. The molecule has 0 saturated carbocycles. The molecular weight excluding hydrogens is 374 g/mol. The van der Waals surface area contributed by atoms with Crippen LogP contribution in [0.1, 0.15) is 11.8 Å². The van der Waals surface area contributed by atoms with Gasteiger partial charge in [-0.2, -0.15) is 0 Å². The van der Waals surface area contributed by atoms with E-state index < -0.39 is 0 Å². The molecule has 3 aromatic rings. The third kappa shape index (κ3) is 3.39. The Kier molecular flexibility index (Phi) is 5.25. The summed E-state index contributed by atoms with van der Waals surface area (Å²) in [5.74, 6) is 0.876. The van der Waals surface area contributed by atoms with Gasteiger partial charge in [0.25, 0.3) is 0 Å². The Balaban J connectivity index is 2.15. The molecule has 0 spiro atoms. The van der Waals surface area contributed by atoms with Crippen LogP contribution in [0.4, 0.5) is 5.82 Å². The summed E-state index contributed by atoms with van der Waals surface area (Å²) in [6, 6.07) is 8.41. The smallest absolute Gasteiger partial charge is 0.138 e. The van der Waals surface area contributed by atoms with Crippen LogP contribution in [0, 0.1) is 0 Å². The molecule has 0 atom stereocenters. The van der Waals surface area contributed by atoms with Crippen LogP contribution in [0.25, 0.3) is 21.3 Å². The molecule has 2 heterocycles. The third-order valence-electron chi connectivity index (χ3n) is 3.61. The summed E-state index contributed by atoms with van der Waals surface area (Å²) < 4.78 is 6.20. The molecule has 6 heteroatoms. The number of ether oxygens (including phenoxy) is 1. The van der Waals surface area contributed by atoms with Gasteiger partial charge in [0.05, 0.1) is 12.0 Å². The fourth-order valence-corrected chi connectivity index (χ4v) is 3.92. The van der Waals surface area contributed by atoms with E-state index in [9.17, 15) is 0 Å². The van der Waals surface area contributed by atoms with Crippen LogP contribution in [0.5, 0.6) is 0 Å². The summed E-state index contributed by atoms with van der Waals surface area (Å²) >= 11 is 5.24. The second-order valence-corrected chi connectivity index (χ2v) is 7.08. The molecule has 3 rings (SSSR count). The fourth-order valence-electron chi connectivity index (χ4n) is 2.56. The van der Waals surface area contributed by atoms with Gasteiger partial charge in [-0.3, -0.25) is 0 Å². The van der Waals surface area contributed by atoms with E-state index in [1.54, 1.807) is 24.8 Å². The van der Waals surface area contributed by atoms with Crippen LogP contribution in [0.3, 0.4) is 0 Å². The summed E-state index contributed by atoms with van der Waals surface area (Å²) in [5.41, 5.74) is 2.43. The standard InChI is InChI=1S/C17H18BrN3OS/c1-3-13-14(11-4-6-12(18)7-5-11)15-16(19-8-9-22-2)20-10-21-17(15)23-13/h4-7,10H,3,8-9H2,1-2H3,(H,19,20,21). The zero-order valence-electron chi connectivity index (χ0n) is 13.1. The lowest BCUT2D eigenvalue weighted by Crippen LogP contribution is -2.09. The number of nitrogens with one attached hydrogen (secondary N) is 1. The lowest BCUT2D eigenvalue weighted by atomic mass is 10.0. The van der Waals surface area contributed by atoms with Crippen molar-refractivity contribution in [2.75, 3.05) is 25.6 Å². The van der Waals surface area contributed by atoms with Gasteiger partial charge in [-0.1, -0.05) is 35.0 Å². The predicted molar refractivity (Wildman–Crippen MR) is 100 cm³/mol. The number of nitrogens with zero attached hydrogens (tertiary/aromatic N) is 2. The van der Waals surface area contributed by atoms with Crippen molar-refractivity contribution in [1.29, 1.82) is 0 Å². The zero-order valence-corrected chi connectivity index (χ0v) is 15.5. The maximum absolute atomic E-state index is 5.12. The zero-order chi connectivity index (χ0) is 16.2. The minimum atomic E-state index is 0.643. The summed E-state index contributed by atoms with van der Waals surface area (Å²) in [6.45, 7) is 3.54. The van der Waals surface area contributed by atoms with E-state index in [2.05, 4.69) is 62.4 Å². The van der Waals surface area contributed by atoms with E-state index in [1.807, 2.05) is 0 Å². The predicted octanol–water partition coefficient (Wildman–Crippen LogP) is 4.74. The number of hydrogen-bond donors (Lipinski definition) is 1. The number of aryl methyl sites for hydroxylation is 1. The first-order valence-corrected chi connectivity index (χ1v) is 9.10. The molecular formula is C17H18BrN3OS. The van der Waals surface area contributed by atoms with Crippen molar-refractivity contribution in [3.05, 3.63) is 39.9 Å². The summed E-state index contributed by atoms with van der Waals surface area (Å²) in [4.78, 5) is 11.3. The van der Waals surface area contributed by atoms with Crippen LogP contribution in [-0.2, 0) is 11.2 Å². The Morgan fingerprint density at radius 3 is 2.70 bits per heavy atom. The van der Waals surface area contributed by atoms with E-state index in [1.165, 1.54) is 16.0 Å². The van der Waals surface area contributed by atoms with E-state index in [4.69, 9.17) is 4.74 Å². The molecule has 0 fully saturated rings. The minimum Gasteiger partial charge on any atom is -0.383 e. The molecule has 0 aliphatic heterocycles. The number of hydrogen-bond acceptors (Lipinski definition) is 5. The maximum atomic E-state index is 5.12. The van der Waals surface area contributed by atoms with Gasteiger partial charge in [-0.25, -0.2) is 9.97 Å². The molecule has 23 heavy (non-hydrogen) atoms. The number of benzene rings is 1. The largest absolute Gasteiger partial charge is 0.383 e. The highest BCUT2D eigenvalue weighted by molar-refractivity contribution is 9.10. The van der Waals surface area contributed by atoms with Gasteiger partial charge in [-0.05, 0) is 24.1 Å². The number of methoxy groups -OCH3 is 1. The molecule has 0 unspecified atom stereocenters. The Morgan fingerprint density at radius 2 is 2.00 bits per heavy atom. The first-order chi connectivity index (χ1) is 11.2. The van der Waals surface area contributed by atoms with E-state index in [-0.39, 0.29) is 0 Å². The van der Waals surface area contributed by atoms with Crippen molar-refractivity contribution >= 4 is 43.3 Å². The molecule has 0 amide bonds. The third-order valence-corrected chi connectivity index (χ3v) is 5.38. The van der Waals surface area contributed by atoms with Crippen LogP contribution >= 0.6 is 27.3 Å². The average Bonchev–Trinajstić information content (AvgIpc) is 2.95. The van der Waals surface area contributed by atoms with E-state index in [0.29, 0.717) is 6.61 Å². The van der Waals surface area contributed by atoms with Crippen molar-refractivity contribution < 1.29 is 4.74 Å². The number of fused-ring (bicyclic) bond motifs is 1. The number of anilines is 1. The molecule has 0 radical (unpaired) electrons. The highest BCUT2D eigenvalue weighted by Gasteiger charge is 2.17. The molecule has 1 N–H and O–H groups in total. The second kappa shape index (κ2) is 7.38. The molecule has 0 aliphatic carbocycles. The van der Waals surface area contributed by atoms with Gasteiger partial charge in [0, 0.05) is 28.6 Å². The van der Waals surface area contributed by atoms with Crippen molar-refractivity contribution in [2.45, 2.75) is 13.3 Å². The van der Waals surface area contributed by atoms with Gasteiger partial charge >= 0.3 is 0 Å². The van der Waals surface area contributed by atoms with Crippen molar-refractivity contribution in [3.63, 3.8) is 0 Å². The van der Waals surface area contributed by atoms with Gasteiger partial charge in [0.2, 0.25) is 0 Å². The summed E-state index contributed by atoms with van der Waals surface area (Å²) in [5, 5.41) is 4.47. The maximum Gasteiger partial charge on any atom is 0.138 e. The van der Waals surface area contributed by atoms with E-state index >= 15 is 0 Å². The first-order valence-electron chi connectivity index (χ1n) is 7.49. The van der Waals surface area contributed by atoms with Crippen molar-refractivity contribution in [3.8, 4) is 11.1 Å². The average molecular weight is 392 g/mol. The second-order valence-electron chi connectivity index (χ2n) is 5.08. The topological polar surface area (TPSA) is 47.0 Å². The monoisotopic (exact) mass is 391 g/mol. The fraction of sp³-hybridized carbons (Fsp3) is 0.294. The minimum absolute atomic E-state index is 0.643. The molecule has 0 aliphatic rings. The lowest BCUT2D eigenvalue weighted by Gasteiger charge is -2.09. The molecule has 4 nitrogen and oxygen atoms in total. The first kappa shape index (κ1) is 16.4. The highest BCUT2D eigenvalue weighted by Crippen LogP contribution is 2.41. The Bertz CT molecular complexity index is 801. The molecule has 0 saturated heterocycles. The summed E-state index contributed by atoms with van der Waals surface area (Å²) in [7, 11) is 1.70. The number of rotatable bonds is 6.